The Bertz CT molecular complexity index is 450. The lowest BCUT2D eigenvalue weighted by Gasteiger charge is -2.21. The Kier molecular flexibility index (Phi) is 3.31. The zero-order valence-corrected chi connectivity index (χ0v) is 9.94. The van der Waals surface area contributed by atoms with Gasteiger partial charge in [0.05, 0.1) is 0 Å². The number of amides is 2. The topological polar surface area (TPSA) is 124 Å². The summed E-state index contributed by atoms with van der Waals surface area (Å²) in [5.41, 5.74) is 10.1. The van der Waals surface area contributed by atoms with E-state index in [0.29, 0.717) is 5.69 Å². The lowest BCUT2D eigenvalue weighted by molar-refractivity contribution is -0.122. The molecule has 7 heteroatoms. The quantitative estimate of drug-likeness (QED) is 0.645. The van der Waals surface area contributed by atoms with Crippen molar-refractivity contribution in [1.82, 2.24) is 15.3 Å². The van der Waals surface area contributed by atoms with E-state index in [1.54, 1.807) is 6.92 Å². The third kappa shape index (κ3) is 3.13. The maximum atomic E-state index is 11.8. The fourth-order valence-corrected chi connectivity index (χ4v) is 1.12. The monoisotopic (exact) mass is 237 g/mol. The summed E-state index contributed by atoms with van der Waals surface area (Å²) in [5, 5.41) is 2.47. The van der Waals surface area contributed by atoms with E-state index in [2.05, 4.69) is 15.3 Å². The predicted octanol–water partition coefficient (Wildman–Crippen LogP) is -0.639. The summed E-state index contributed by atoms with van der Waals surface area (Å²) in [6.45, 7) is 4.70. The number of aromatic nitrogens is 2. The number of nitrogens with two attached hydrogens (primary N) is 2. The molecule has 1 heterocycles. The van der Waals surface area contributed by atoms with Gasteiger partial charge in [-0.1, -0.05) is 0 Å². The number of hydrogen-bond donors (Lipinski definition) is 3. The third-order valence-corrected chi connectivity index (χ3v) is 2.15. The van der Waals surface area contributed by atoms with Crippen LogP contribution in [0.15, 0.2) is 6.07 Å². The molecule has 0 radical (unpaired) electrons. The zero-order valence-electron chi connectivity index (χ0n) is 9.94. The zero-order chi connectivity index (χ0) is 13.2. The van der Waals surface area contributed by atoms with Gasteiger partial charge in [0.1, 0.15) is 11.2 Å². The first-order chi connectivity index (χ1) is 7.72. The molecule has 0 aromatic carbocycles. The minimum Gasteiger partial charge on any atom is -0.368 e. The SMILES string of the molecule is Cc1cc(C(=O)NC(C)(C)C(N)=O)nc(N)n1. The maximum absolute atomic E-state index is 11.8. The molecular formula is C10H15N5O2. The summed E-state index contributed by atoms with van der Waals surface area (Å²) in [6.07, 6.45) is 0. The van der Waals surface area contributed by atoms with Crippen LogP contribution in [0.5, 0.6) is 0 Å². The largest absolute Gasteiger partial charge is 0.368 e. The van der Waals surface area contributed by atoms with Crippen molar-refractivity contribution >= 4 is 17.8 Å². The van der Waals surface area contributed by atoms with Crippen LogP contribution in [0.25, 0.3) is 0 Å². The maximum Gasteiger partial charge on any atom is 0.270 e. The highest BCUT2D eigenvalue weighted by Gasteiger charge is 2.27. The van der Waals surface area contributed by atoms with Gasteiger partial charge in [-0.3, -0.25) is 9.59 Å². The van der Waals surface area contributed by atoms with E-state index in [1.807, 2.05) is 0 Å². The van der Waals surface area contributed by atoms with Crippen molar-refractivity contribution in [2.24, 2.45) is 5.73 Å². The lowest BCUT2D eigenvalue weighted by Crippen LogP contribution is -2.53. The molecule has 0 fully saturated rings. The Balaban J connectivity index is 2.94. The summed E-state index contributed by atoms with van der Waals surface area (Å²) in [7, 11) is 0. The predicted molar refractivity (Wildman–Crippen MR) is 61.9 cm³/mol. The molecule has 5 N–H and O–H groups in total. The van der Waals surface area contributed by atoms with Crippen LogP contribution in [0.2, 0.25) is 0 Å². The molecule has 2 amide bonds. The molecule has 0 unspecified atom stereocenters. The van der Waals surface area contributed by atoms with Crippen molar-refractivity contribution in [3.8, 4) is 0 Å². The second-order valence-electron chi connectivity index (χ2n) is 4.20. The molecule has 7 nitrogen and oxygen atoms in total. The number of carbonyl (C=O) groups is 2. The first-order valence-corrected chi connectivity index (χ1v) is 4.96. The number of hydrogen-bond acceptors (Lipinski definition) is 5. The van der Waals surface area contributed by atoms with E-state index in [-0.39, 0.29) is 11.6 Å². The van der Waals surface area contributed by atoms with E-state index in [0.717, 1.165) is 0 Å². The number of nitrogen functional groups attached to an aromatic ring is 1. The van der Waals surface area contributed by atoms with E-state index >= 15 is 0 Å². The van der Waals surface area contributed by atoms with E-state index in [1.165, 1.54) is 19.9 Å². The number of anilines is 1. The van der Waals surface area contributed by atoms with Crippen molar-refractivity contribution < 1.29 is 9.59 Å². The molecule has 0 bridgehead atoms. The van der Waals surface area contributed by atoms with Crippen molar-refractivity contribution in [2.45, 2.75) is 26.3 Å². The van der Waals surface area contributed by atoms with Crippen LogP contribution < -0.4 is 16.8 Å². The van der Waals surface area contributed by atoms with Gasteiger partial charge in [0.15, 0.2) is 0 Å². The molecule has 0 spiro atoms. The molecule has 0 atom stereocenters. The molecule has 1 aromatic rings. The highest BCUT2D eigenvalue weighted by atomic mass is 16.2. The van der Waals surface area contributed by atoms with Gasteiger partial charge in [-0.2, -0.15) is 0 Å². The molecule has 0 aliphatic heterocycles. The van der Waals surface area contributed by atoms with Gasteiger partial charge < -0.3 is 16.8 Å². The van der Waals surface area contributed by atoms with Crippen molar-refractivity contribution in [3.63, 3.8) is 0 Å². The molecule has 0 saturated heterocycles. The van der Waals surface area contributed by atoms with Crippen LogP contribution in [0, 0.1) is 6.92 Å². The molecule has 0 saturated carbocycles. The van der Waals surface area contributed by atoms with E-state index < -0.39 is 17.4 Å². The second kappa shape index (κ2) is 4.36. The van der Waals surface area contributed by atoms with Crippen molar-refractivity contribution in [3.05, 3.63) is 17.5 Å². The normalized spacial score (nSPS) is 11.0. The average molecular weight is 237 g/mol. The van der Waals surface area contributed by atoms with Gasteiger partial charge in [0, 0.05) is 5.69 Å². The van der Waals surface area contributed by atoms with Gasteiger partial charge in [0.25, 0.3) is 5.91 Å². The van der Waals surface area contributed by atoms with Gasteiger partial charge in [-0.05, 0) is 26.8 Å². The lowest BCUT2D eigenvalue weighted by atomic mass is 10.1. The fraction of sp³-hybridized carbons (Fsp3) is 0.400. The number of carbonyl (C=O) groups excluding carboxylic acids is 2. The van der Waals surface area contributed by atoms with Crippen molar-refractivity contribution in [2.75, 3.05) is 5.73 Å². The molecule has 1 rings (SSSR count). The Morgan fingerprint density at radius 1 is 1.35 bits per heavy atom. The standard InChI is InChI=1S/C10H15N5O2/c1-5-4-6(14-9(12)13-5)7(16)15-10(2,3)8(11)17/h4H,1-3H3,(H2,11,17)(H,15,16)(H2,12,13,14). The minimum atomic E-state index is -1.15. The van der Waals surface area contributed by atoms with Crippen LogP contribution in [0.4, 0.5) is 5.95 Å². The average Bonchev–Trinajstić information content (AvgIpc) is 2.15. The Morgan fingerprint density at radius 2 is 1.94 bits per heavy atom. The van der Waals surface area contributed by atoms with E-state index in [9.17, 15) is 9.59 Å². The van der Waals surface area contributed by atoms with Gasteiger partial charge in [0.2, 0.25) is 11.9 Å². The van der Waals surface area contributed by atoms with Crippen LogP contribution >= 0.6 is 0 Å². The summed E-state index contributed by atoms with van der Waals surface area (Å²) in [6, 6.07) is 1.47. The summed E-state index contributed by atoms with van der Waals surface area (Å²) in [5.74, 6) is -1.15. The van der Waals surface area contributed by atoms with Crippen molar-refractivity contribution in [1.29, 1.82) is 0 Å². The number of aryl methyl sites for hydroxylation is 1. The molecule has 17 heavy (non-hydrogen) atoms. The molecular weight excluding hydrogens is 222 g/mol. The van der Waals surface area contributed by atoms with Gasteiger partial charge in [-0.15, -0.1) is 0 Å². The second-order valence-corrected chi connectivity index (χ2v) is 4.20. The van der Waals surface area contributed by atoms with Crippen LogP contribution in [0.3, 0.4) is 0 Å². The summed E-state index contributed by atoms with van der Waals surface area (Å²) < 4.78 is 0. The minimum absolute atomic E-state index is 0.00651. The highest BCUT2D eigenvalue weighted by Crippen LogP contribution is 2.06. The Labute approximate surface area is 98.6 Å². The van der Waals surface area contributed by atoms with Gasteiger partial charge in [-0.25, -0.2) is 9.97 Å². The number of rotatable bonds is 3. The Morgan fingerprint density at radius 3 is 2.41 bits per heavy atom. The number of primary amides is 1. The van der Waals surface area contributed by atoms with Crippen LogP contribution in [-0.4, -0.2) is 27.3 Å². The van der Waals surface area contributed by atoms with Crippen LogP contribution in [-0.2, 0) is 4.79 Å². The first kappa shape index (κ1) is 12.9. The van der Waals surface area contributed by atoms with Gasteiger partial charge >= 0.3 is 0 Å². The fourth-order valence-electron chi connectivity index (χ4n) is 1.12. The summed E-state index contributed by atoms with van der Waals surface area (Å²) >= 11 is 0. The molecule has 0 aliphatic rings. The molecule has 92 valence electrons. The summed E-state index contributed by atoms with van der Waals surface area (Å²) in [4.78, 5) is 30.5. The first-order valence-electron chi connectivity index (χ1n) is 4.96. The smallest absolute Gasteiger partial charge is 0.270 e. The molecule has 1 aromatic heterocycles. The number of nitrogens with zero attached hydrogens (tertiary/aromatic N) is 2. The number of nitrogens with one attached hydrogen (secondary N) is 1. The van der Waals surface area contributed by atoms with Crippen LogP contribution in [0.1, 0.15) is 30.0 Å². The highest BCUT2D eigenvalue weighted by molar-refractivity contribution is 5.97. The third-order valence-electron chi connectivity index (χ3n) is 2.15. The Hall–Kier alpha value is -2.18. The van der Waals surface area contributed by atoms with E-state index in [4.69, 9.17) is 11.5 Å². The molecule has 0 aliphatic carbocycles.